The van der Waals surface area contributed by atoms with Gasteiger partial charge >= 0.3 is 0 Å². The number of fused-ring (bicyclic) bond motifs is 1. The summed E-state index contributed by atoms with van der Waals surface area (Å²) in [5.41, 5.74) is 2.25. The highest BCUT2D eigenvalue weighted by atomic mass is 32.3. The van der Waals surface area contributed by atoms with Gasteiger partial charge < -0.3 is 9.84 Å². The molecule has 2 aromatic rings. The van der Waals surface area contributed by atoms with Crippen molar-refractivity contribution in [3.05, 3.63) is 64.6 Å². The third-order valence-electron chi connectivity index (χ3n) is 3.42. The van der Waals surface area contributed by atoms with Gasteiger partial charge in [0.05, 0.1) is 11.5 Å². The first-order chi connectivity index (χ1) is 10.1. The van der Waals surface area contributed by atoms with E-state index in [-0.39, 0.29) is 6.61 Å². The molecule has 0 unspecified atom stereocenters. The van der Waals surface area contributed by atoms with Gasteiger partial charge in [0.2, 0.25) is 0 Å². The Morgan fingerprint density at radius 2 is 1.76 bits per heavy atom. The fraction of sp³-hybridized carbons (Fsp3) is 0.125. The van der Waals surface area contributed by atoms with E-state index in [0.29, 0.717) is 28.4 Å². The smallest absolute Gasteiger partial charge is 0.126 e. The van der Waals surface area contributed by atoms with Crippen LogP contribution in [0.5, 0.6) is 5.75 Å². The fourth-order valence-electron chi connectivity index (χ4n) is 2.34. The van der Waals surface area contributed by atoms with Gasteiger partial charge in [-0.05, 0) is 23.8 Å². The van der Waals surface area contributed by atoms with Crippen LogP contribution in [0.3, 0.4) is 0 Å². The summed E-state index contributed by atoms with van der Waals surface area (Å²) in [6, 6.07) is 13.1. The summed E-state index contributed by atoms with van der Waals surface area (Å²) in [5.74, 6) is 0.557. The maximum atomic E-state index is 9.90. The summed E-state index contributed by atoms with van der Waals surface area (Å²) in [6.07, 6.45) is 1.63. The number of hydrogen-bond acceptors (Lipinski definition) is 4. The van der Waals surface area contributed by atoms with Gasteiger partial charge in [-0.25, -0.2) is 0 Å². The first-order valence-electron chi connectivity index (χ1n) is 6.51. The normalized spacial score (nSPS) is 16.5. The van der Waals surface area contributed by atoms with Crippen molar-refractivity contribution in [2.24, 2.45) is 0 Å². The third-order valence-corrected chi connectivity index (χ3v) is 4.94. The molecule has 0 fully saturated rings. The zero-order valence-corrected chi connectivity index (χ0v) is 12.1. The zero-order chi connectivity index (χ0) is 14.9. The summed E-state index contributed by atoms with van der Waals surface area (Å²) in [6.45, 7) is 0.180. The van der Waals surface area contributed by atoms with E-state index < -0.39 is 10.6 Å². The van der Waals surface area contributed by atoms with Gasteiger partial charge in [-0.3, -0.25) is 9.11 Å². The number of ether oxygens (including phenoxy) is 1. The highest BCUT2D eigenvalue weighted by Gasteiger charge is 2.25. The van der Waals surface area contributed by atoms with Crippen LogP contribution in [0.15, 0.2) is 52.8 Å². The van der Waals surface area contributed by atoms with E-state index in [2.05, 4.69) is 0 Å². The van der Waals surface area contributed by atoms with E-state index in [1.54, 1.807) is 18.2 Å². The Morgan fingerprint density at radius 1 is 1.00 bits per heavy atom. The summed E-state index contributed by atoms with van der Waals surface area (Å²) >= 11 is 0. The second-order valence-electron chi connectivity index (χ2n) is 4.78. The van der Waals surface area contributed by atoms with Gasteiger partial charge in [0.15, 0.2) is 0 Å². The molecule has 0 saturated heterocycles. The quantitative estimate of drug-likeness (QED) is 0.802. The molecule has 2 aromatic carbocycles. The predicted molar refractivity (Wildman–Crippen MR) is 83.3 cm³/mol. The molecule has 0 radical (unpaired) electrons. The van der Waals surface area contributed by atoms with Crippen molar-refractivity contribution in [1.29, 1.82) is 0 Å². The molecule has 4 nitrogen and oxygen atoms in total. The average molecular weight is 304 g/mol. The number of aliphatic hydroxyl groups is 1. The predicted octanol–water partition coefficient (Wildman–Crippen LogP) is 3.85. The Morgan fingerprint density at radius 3 is 2.48 bits per heavy atom. The Balaban J connectivity index is 1.89. The lowest BCUT2D eigenvalue weighted by Crippen LogP contribution is -2.02. The monoisotopic (exact) mass is 304 g/mol. The molecule has 1 aliphatic rings. The molecule has 110 valence electrons. The Labute approximate surface area is 124 Å². The molecule has 0 bridgehead atoms. The number of aliphatic hydroxyl groups excluding tert-OH is 1. The van der Waals surface area contributed by atoms with Crippen molar-refractivity contribution in [2.75, 3.05) is 0 Å². The highest BCUT2D eigenvalue weighted by molar-refractivity contribution is 8.27. The van der Waals surface area contributed by atoms with Crippen LogP contribution in [0.25, 0.3) is 6.08 Å². The molecule has 21 heavy (non-hydrogen) atoms. The van der Waals surface area contributed by atoms with Crippen LogP contribution >= 0.6 is 10.6 Å². The van der Waals surface area contributed by atoms with Crippen molar-refractivity contribution in [2.45, 2.75) is 18.1 Å². The van der Waals surface area contributed by atoms with E-state index >= 15 is 0 Å². The van der Waals surface area contributed by atoms with Gasteiger partial charge in [0, 0.05) is 16.5 Å². The minimum absolute atomic E-state index is 0.215. The largest absolute Gasteiger partial charge is 0.489 e. The summed E-state index contributed by atoms with van der Waals surface area (Å²) in [4.78, 5) is 0.443. The molecule has 5 heteroatoms. The van der Waals surface area contributed by atoms with Gasteiger partial charge in [0.25, 0.3) is 0 Å². The zero-order valence-electron chi connectivity index (χ0n) is 11.3. The maximum absolute atomic E-state index is 9.90. The molecular weight excluding hydrogens is 288 g/mol. The van der Waals surface area contributed by atoms with Crippen molar-refractivity contribution in [1.82, 2.24) is 0 Å². The Kier molecular flexibility index (Phi) is 3.73. The summed E-state index contributed by atoms with van der Waals surface area (Å²) < 4.78 is 25.5. The highest BCUT2D eigenvalue weighted by Crippen LogP contribution is 2.57. The summed E-state index contributed by atoms with van der Waals surface area (Å²) in [5, 5.41) is 11.0. The van der Waals surface area contributed by atoms with E-state index in [9.17, 15) is 14.2 Å². The van der Waals surface area contributed by atoms with E-state index in [1.165, 1.54) is 5.41 Å². The van der Waals surface area contributed by atoms with Crippen LogP contribution in [-0.2, 0) is 13.2 Å². The lowest BCUT2D eigenvalue weighted by Gasteiger charge is -2.26. The lowest BCUT2D eigenvalue weighted by atomic mass is 10.1. The third kappa shape index (κ3) is 2.69. The standard InChI is InChI=1S/C16H16O4S/c17-10-14-13-8-9-21(18,19)16(13)7-6-15(14)20-11-12-4-2-1-3-5-12/h1-9,17-19H,10-11H2. The van der Waals surface area contributed by atoms with Crippen LogP contribution in [0.1, 0.15) is 16.7 Å². The van der Waals surface area contributed by atoms with Gasteiger partial charge in [-0.15, -0.1) is 10.6 Å². The van der Waals surface area contributed by atoms with E-state index in [1.807, 2.05) is 30.3 Å². The molecule has 3 N–H and O–H groups in total. The van der Waals surface area contributed by atoms with Crippen LogP contribution in [0, 0.1) is 0 Å². The summed E-state index contributed by atoms with van der Waals surface area (Å²) in [7, 11) is -2.87. The average Bonchev–Trinajstić information content (AvgIpc) is 2.81. The van der Waals surface area contributed by atoms with Crippen LogP contribution < -0.4 is 4.74 Å². The fourth-order valence-corrected chi connectivity index (χ4v) is 3.59. The first kappa shape index (κ1) is 14.2. The topological polar surface area (TPSA) is 69.9 Å². The molecular formula is C16H16O4S. The van der Waals surface area contributed by atoms with Gasteiger partial charge in [-0.1, -0.05) is 30.3 Å². The number of benzene rings is 2. The molecule has 1 aliphatic heterocycles. The van der Waals surface area contributed by atoms with Gasteiger partial charge in [0.1, 0.15) is 12.4 Å². The van der Waals surface area contributed by atoms with E-state index in [4.69, 9.17) is 4.74 Å². The van der Waals surface area contributed by atoms with Crippen molar-refractivity contribution < 1.29 is 18.9 Å². The molecule has 0 saturated carbocycles. The second-order valence-corrected chi connectivity index (χ2v) is 6.68. The lowest BCUT2D eigenvalue weighted by molar-refractivity contribution is 0.258. The van der Waals surface area contributed by atoms with Gasteiger partial charge in [-0.2, -0.15) is 0 Å². The minimum Gasteiger partial charge on any atom is -0.489 e. The van der Waals surface area contributed by atoms with Crippen molar-refractivity contribution in [3.63, 3.8) is 0 Å². The first-order valence-corrected chi connectivity index (χ1v) is 8.12. The maximum Gasteiger partial charge on any atom is 0.126 e. The molecule has 0 spiro atoms. The van der Waals surface area contributed by atoms with Crippen LogP contribution in [0.2, 0.25) is 0 Å². The Hall–Kier alpha value is -1.79. The van der Waals surface area contributed by atoms with Crippen molar-refractivity contribution >= 4 is 16.7 Å². The Bertz CT molecular complexity index is 680. The molecule has 0 aliphatic carbocycles. The van der Waals surface area contributed by atoms with Crippen LogP contribution in [-0.4, -0.2) is 14.2 Å². The van der Waals surface area contributed by atoms with Crippen molar-refractivity contribution in [3.8, 4) is 5.75 Å². The molecule has 3 rings (SSSR count). The number of hydrogen-bond donors (Lipinski definition) is 3. The second kappa shape index (κ2) is 5.54. The number of rotatable bonds is 4. The van der Waals surface area contributed by atoms with Crippen LogP contribution in [0.4, 0.5) is 0 Å². The molecule has 0 aromatic heterocycles. The molecule has 0 amide bonds. The minimum atomic E-state index is -2.87. The SMILES string of the molecule is OCc1c(OCc2ccccc2)ccc2c1C=CS2(O)O. The molecule has 0 atom stereocenters. The molecule has 1 heterocycles. The van der Waals surface area contributed by atoms with E-state index in [0.717, 1.165) is 5.56 Å².